The highest BCUT2D eigenvalue weighted by atomic mass is 32.1. The number of ketones is 3. The van der Waals surface area contributed by atoms with Gasteiger partial charge in [0, 0.05) is 42.1 Å². The monoisotopic (exact) mass is 644 g/mol. The van der Waals surface area contributed by atoms with Gasteiger partial charge in [0.05, 0.1) is 23.8 Å². The standard InChI is InChI=1S/C21H18O6S.C6H12O2.C3H8.2C2H6.C2H2/c1-27-14-4-2-3-11-15(14)21(26)17-16(19(11)24)20(25)12-7-9(13(22)8-28)5-6-10(12)18(17)23;1-7-6-4-2-3-5-8-6;1-3-2;3*1-2/h2-4,9,23,25,28H,5-8H2,1H3;6H,2-5H2,1H3;3H2,1-2H3;2*1-2H3;1-2H/t;6-;;;;/m.1..../s1. The highest BCUT2D eigenvalue weighted by molar-refractivity contribution is 7.81. The van der Waals surface area contributed by atoms with Crippen molar-refractivity contribution in [1.29, 1.82) is 0 Å². The Hall–Kier alpha value is -3.32. The fourth-order valence-electron chi connectivity index (χ4n) is 5.11. The molecule has 2 aromatic rings. The molecule has 1 fully saturated rings. The number of aromatic hydroxyl groups is 2. The lowest BCUT2D eigenvalue weighted by molar-refractivity contribution is -0.145. The van der Waals surface area contributed by atoms with Crippen LogP contribution in [0.5, 0.6) is 17.2 Å². The van der Waals surface area contributed by atoms with E-state index in [9.17, 15) is 24.6 Å². The van der Waals surface area contributed by atoms with Gasteiger partial charge in [0.1, 0.15) is 23.0 Å². The lowest BCUT2D eigenvalue weighted by atomic mass is 9.75. The van der Waals surface area contributed by atoms with Crippen LogP contribution in [0.15, 0.2) is 18.2 Å². The van der Waals surface area contributed by atoms with E-state index >= 15 is 0 Å². The van der Waals surface area contributed by atoms with Gasteiger partial charge in [-0.3, -0.25) is 14.4 Å². The van der Waals surface area contributed by atoms with Gasteiger partial charge in [-0.05, 0) is 44.6 Å². The number of thiol groups is 1. The summed E-state index contributed by atoms with van der Waals surface area (Å²) in [4.78, 5) is 38.3. The summed E-state index contributed by atoms with van der Waals surface area (Å²) in [5, 5.41) is 21.7. The minimum absolute atomic E-state index is 0.0527. The fraction of sp³-hybridized carbons (Fsp3) is 0.528. The largest absolute Gasteiger partial charge is 0.507 e. The number of phenols is 2. The fourth-order valence-corrected chi connectivity index (χ4v) is 5.37. The summed E-state index contributed by atoms with van der Waals surface area (Å²) >= 11 is 4.03. The number of hydrogen-bond acceptors (Lipinski definition) is 9. The number of carbonyl (C=O) groups is 3. The minimum Gasteiger partial charge on any atom is -0.507 e. The molecule has 8 nitrogen and oxygen atoms in total. The Balaban J connectivity index is 0.000000949. The third-order valence-corrected chi connectivity index (χ3v) is 7.35. The summed E-state index contributed by atoms with van der Waals surface area (Å²) in [5.74, 6) is -1.81. The van der Waals surface area contributed by atoms with Crippen LogP contribution in [0.2, 0.25) is 0 Å². The van der Waals surface area contributed by atoms with Gasteiger partial charge in [-0.2, -0.15) is 12.6 Å². The van der Waals surface area contributed by atoms with Crippen LogP contribution in [0.25, 0.3) is 0 Å². The van der Waals surface area contributed by atoms with E-state index in [2.05, 4.69) is 39.3 Å². The molecule has 2 aliphatic carbocycles. The SMILES string of the molecule is C#C.CC.CC.CCC.CO[C@H]1CCCCO1.COc1cccc2c1C(=O)c1c(O)c3c(c(O)c1C2=O)CC(C(=O)CS)CC3. The first-order valence-electron chi connectivity index (χ1n) is 15.7. The minimum atomic E-state index is -0.564. The molecule has 2 N–H and O–H groups in total. The van der Waals surface area contributed by atoms with Crippen LogP contribution >= 0.6 is 12.6 Å². The highest BCUT2D eigenvalue weighted by Crippen LogP contribution is 2.47. The second-order valence-electron chi connectivity index (χ2n) is 9.75. The Bertz CT molecular complexity index is 1260. The second-order valence-corrected chi connectivity index (χ2v) is 10.1. The quantitative estimate of drug-likeness (QED) is 0.153. The molecular weight excluding hydrogens is 592 g/mol. The van der Waals surface area contributed by atoms with Crippen LogP contribution in [0.4, 0.5) is 0 Å². The molecule has 0 amide bonds. The number of rotatable bonds is 4. The molecule has 1 saturated heterocycles. The van der Waals surface area contributed by atoms with Crippen LogP contribution < -0.4 is 4.74 Å². The first-order valence-corrected chi connectivity index (χ1v) is 16.4. The van der Waals surface area contributed by atoms with Crippen molar-refractivity contribution in [2.45, 2.75) is 92.8 Å². The maximum absolute atomic E-state index is 13.1. The molecule has 0 aromatic heterocycles. The van der Waals surface area contributed by atoms with Crippen molar-refractivity contribution in [3.05, 3.63) is 51.6 Å². The normalized spacial score (nSPS) is 17.0. The Kier molecular flexibility index (Phi) is 20.6. The van der Waals surface area contributed by atoms with Crippen molar-refractivity contribution < 1.29 is 38.8 Å². The van der Waals surface area contributed by atoms with Gasteiger partial charge >= 0.3 is 0 Å². The van der Waals surface area contributed by atoms with E-state index in [-0.39, 0.29) is 69.7 Å². The van der Waals surface area contributed by atoms with Crippen molar-refractivity contribution >= 4 is 30.0 Å². The van der Waals surface area contributed by atoms with Crippen molar-refractivity contribution in [1.82, 2.24) is 0 Å². The number of methoxy groups -OCH3 is 2. The maximum atomic E-state index is 13.1. The molecule has 45 heavy (non-hydrogen) atoms. The summed E-state index contributed by atoms with van der Waals surface area (Å²) in [6.07, 6.45) is 13.9. The number of fused-ring (bicyclic) bond motifs is 3. The molecule has 9 heteroatoms. The molecule has 250 valence electrons. The van der Waals surface area contributed by atoms with E-state index in [1.54, 1.807) is 19.2 Å². The van der Waals surface area contributed by atoms with Crippen LogP contribution in [-0.4, -0.2) is 60.4 Å². The third kappa shape index (κ3) is 10.1. The molecule has 5 rings (SSSR count). The van der Waals surface area contributed by atoms with Gasteiger partial charge < -0.3 is 24.4 Å². The Morgan fingerprint density at radius 2 is 1.51 bits per heavy atom. The van der Waals surface area contributed by atoms with E-state index in [1.807, 2.05) is 27.7 Å². The average Bonchev–Trinajstić information content (AvgIpc) is 3.11. The van der Waals surface area contributed by atoms with Crippen LogP contribution in [-0.2, 0) is 27.1 Å². The molecular formula is C36H52O8S. The average molecular weight is 645 g/mol. The van der Waals surface area contributed by atoms with Gasteiger partial charge in [-0.1, -0.05) is 60.1 Å². The first-order chi connectivity index (χ1) is 21.7. The number of hydrogen-bond donors (Lipinski definition) is 3. The lowest BCUT2D eigenvalue weighted by Crippen LogP contribution is -2.27. The third-order valence-electron chi connectivity index (χ3n) is 7.04. The van der Waals surface area contributed by atoms with E-state index < -0.39 is 11.6 Å². The van der Waals surface area contributed by atoms with Crippen molar-refractivity contribution in [2.75, 3.05) is 26.6 Å². The van der Waals surface area contributed by atoms with Crippen molar-refractivity contribution in [3.8, 4) is 30.1 Å². The highest BCUT2D eigenvalue weighted by Gasteiger charge is 2.40. The van der Waals surface area contributed by atoms with Gasteiger partial charge in [-0.15, -0.1) is 12.8 Å². The number of phenolic OH excluding ortho intramolecular Hbond substituents is 2. The van der Waals surface area contributed by atoms with Gasteiger partial charge in [0.2, 0.25) is 5.78 Å². The smallest absolute Gasteiger partial charge is 0.202 e. The molecule has 2 aromatic carbocycles. The molecule has 1 aliphatic heterocycles. The van der Waals surface area contributed by atoms with E-state index in [0.29, 0.717) is 24.0 Å². The predicted molar refractivity (Wildman–Crippen MR) is 183 cm³/mol. The summed E-state index contributed by atoms with van der Waals surface area (Å²) in [5.41, 5.74) is 0.564. The van der Waals surface area contributed by atoms with Gasteiger partial charge in [-0.25, -0.2) is 0 Å². The topological polar surface area (TPSA) is 119 Å². The molecule has 1 unspecified atom stereocenters. The zero-order valence-corrected chi connectivity index (χ0v) is 29.1. The van der Waals surface area contributed by atoms with Crippen LogP contribution in [0.3, 0.4) is 0 Å². The summed E-state index contributed by atoms with van der Waals surface area (Å²) < 4.78 is 15.4. The molecule has 1 heterocycles. The predicted octanol–water partition coefficient (Wildman–Crippen LogP) is 7.36. The van der Waals surface area contributed by atoms with Crippen molar-refractivity contribution in [2.24, 2.45) is 5.92 Å². The van der Waals surface area contributed by atoms with Crippen molar-refractivity contribution in [3.63, 3.8) is 0 Å². The zero-order chi connectivity index (χ0) is 34.7. The number of carbonyl (C=O) groups excluding carboxylic acids is 3. The molecule has 0 bridgehead atoms. The summed E-state index contributed by atoms with van der Waals surface area (Å²) in [7, 11) is 3.08. The number of terminal acetylenes is 1. The van der Waals surface area contributed by atoms with E-state index in [4.69, 9.17) is 14.2 Å². The maximum Gasteiger partial charge on any atom is 0.202 e. The summed E-state index contributed by atoms with van der Waals surface area (Å²) in [6.45, 7) is 13.1. The second kappa shape index (κ2) is 22.2. The van der Waals surface area contributed by atoms with Crippen LogP contribution in [0.1, 0.15) is 117 Å². The molecule has 3 aliphatic rings. The molecule has 2 atom stereocenters. The Labute approximate surface area is 275 Å². The van der Waals surface area contributed by atoms with Gasteiger partial charge in [0.15, 0.2) is 12.1 Å². The number of benzene rings is 2. The van der Waals surface area contributed by atoms with E-state index in [1.165, 1.54) is 32.4 Å². The first kappa shape index (κ1) is 41.7. The van der Waals surface area contributed by atoms with Gasteiger partial charge in [0.25, 0.3) is 0 Å². The molecule has 0 radical (unpaired) electrons. The van der Waals surface area contributed by atoms with E-state index in [0.717, 1.165) is 13.0 Å². The lowest BCUT2D eigenvalue weighted by Gasteiger charge is -2.29. The molecule has 0 saturated carbocycles. The number of ether oxygens (including phenoxy) is 3. The zero-order valence-electron chi connectivity index (χ0n) is 28.2. The summed E-state index contributed by atoms with van der Waals surface area (Å²) in [6, 6.07) is 4.65. The Morgan fingerprint density at radius 3 is 2.00 bits per heavy atom. The number of Topliss-reactive ketones (excluding diaryl/α,β-unsaturated/α-hetero) is 1. The Morgan fingerprint density at radius 1 is 0.933 bits per heavy atom. The molecule has 0 spiro atoms. The van der Waals surface area contributed by atoms with Crippen LogP contribution in [0, 0.1) is 18.8 Å².